The number of alkyl halides is 6. The van der Waals surface area contributed by atoms with Crippen molar-refractivity contribution in [1.82, 2.24) is 9.55 Å². The lowest BCUT2D eigenvalue weighted by Crippen LogP contribution is -2.13. The zero-order chi connectivity index (χ0) is 28.3. The average molecular weight is 539 g/mol. The number of hydrogen-bond acceptors (Lipinski definition) is 6. The Morgan fingerprint density at radius 3 is 2.16 bits per heavy atom. The van der Waals surface area contributed by atoms with E-state index in [2.05, 4.69) is 4.98 Å². The number of nitriles is 1. The molecular weight excluding hydrogens is 520 g/mol. The Hall–Kier alpha value is -4.34. The third-order valence-corrected chi connectivity index (χ3v) is 5.20. The van der Waals surface area contributed by atoms with Crippen molar-refractivity contribution in [3.63, 3.8) is 0 Å². The normalized spacial score (nSPS) is 12.3. The molecule has 0 fully saturated rings. The first kappa shape index (κ1) is 28.2. The summed E-state index contributed by atoms with van der Waals surface area (Å²) in [7, 11) is 0. The van der Waals surface area contributed by atoms with Gasteiger partial charge < -0.3 is 14.0 Å². The number of esters is 2. The minimum atomic E-state index is -5.04. The predicted octanol–water partition coefficient (Wildman–Crippen LogP) is 5.77. The Kier molecular flexibility index (Phi) is 8.14. The molecule has 0 amide bonds. The Morgan fingerprint density at radius 2 is 1.63 bits per heavy atom. The predicted molar refractivity (Wildman–Crippen MR) is 121 cm³/mol. The second kappa shape index (κ2) is 11.0. The van der Waals surface area contributed by atoms with Crippen LogP contribution in [0.5, 0.6) is 0 Å². The monoisotopic (exact) mass is 539 g/mol. The summed E-state index contributed by atoms with van der Waals surface area (Å²) in [5, 5.41) is 9.50. The molecule has 1 aromatic carbocycles. The molecule has 0 aliphatic heterocycles. The van der Waals surface area contributed by atoms with Crippen LogP contribution in [0, 0.1) is 11.3 Å². The summed E-state index contributed by atoms with van der Waals surface area (Å²) < 4.78 is 91.2. The molecule has 0 spiro atoms. The van der Waals surface area contributed by atoms with Gasteiger partial charge in [-0.3, -0.25) is 0 Å². The van der Waals surface area contributed by atoms with Crippen LogP contribution in [0.1, 0.15) is 46.5 Å². The maximum absolute atomic E-state index is 13.3. The molecule has 200 valence electrons. The quantitative estimate of drug-likeness (QED) is 0.164. The molecule has 3 rings (SSSR count). The van der Waals surface area contributed by atoms with E-state index in [1.54, 1.807) is 13.0 Å². The number of nitrogens with zero attached hydrogens (tertiary/aromatic N) is 3. The molecule has 0 aliphatic carbocycles. The maximum atomic E-state index is 13.3. The van der Waals surface area contributed by atoms with Gasteiger partial charge >= 0.3 is 24.3 Å². The highest BCUT2D eigenvalue weighted by atomic mass is 19.4. The molecule has 0 radical (unpaired) electrons. The highest BCUT2D eigenvalue weighted by molar-refractivity contribution is 6.08. The van der Waals surface area contributed by atoms with Gasteiger partial charge in [-0.15, -0.1) is 0 Å². The molecule has 2 heterocycles. The van der Waals surface area contributed by atoms with Crippen LogP contribution in [0.4, 0.5) is 26.3 Å². The Labute approximate surface area is 211 Å². The molecule has 0 saturated carbocycles. The van der Waals surface area contributed by atoms with Crippen LogP contribution in [0.15, 0.2) is 42.2 Å². The zero-order valence-corrected chi connectivity index (χ0v) is 19.9. The van der Waals surface area contributed by atoms with Crippen LogP contribution in [0.2, 0.25) is 0 Å². The van der Waals surface area contributed by atoms with Crippen LogP contribution >= 0.6 is 0 Å². The summed E-state index contributed by atoms with van der Waals surface area (Å²) >= 11 is 0. The molecule has 0 aliphatic rings. The number of aromatic nitrogens is 2. The van der Waals surface area contributed by atoms with Crippen molar-refractivity contribution in [2.75, 3.05) is 13.2 Å². The lowest BCUT2D eigenvalue weighted by molar-refractivity contribution is -0.143. The minimum absolute atomic E-state index is 0.00521. The molecule has 0 atom stereocenters. The van der Waals surface area contributed by atoms with Crippen LogP contribution in [0.3, 0.4) is 0 Å². The van der Waals surface area contributed by atoms with Gasteiger partial charge in [-0.2, -0.15) is 31.6 Å². The van der Waals surface area contributed by atoms with E-state index in [-0.39, 0.29) is 47.0 Å². The number of rotatable bonds is 7. The van der Waals surface area contributed by atoms with E-state index in [4.69, 9.17) is 9.47 Å². The van der Waals surface area contributed by atoms with Gasteiger partial charge in [0.25, 0.3) is 0 Å². The number of halogens is 6. The first-order valence-electron chi connectivity index (χ1n) is 11.0. The Balaban J connectivity index is 2.26. The fraction of sp³-hybridized carbons (Fsp3) is 0.280. The highest BCUT2D eigenvalue weighted by Crippen LogP contribution is 2.37. The molecule has 13 heteroatoms. The molecule has 0 N–H and O–H groups in total. The van der Waals surface area contributed by atoms with Crippen molar-refractivity contribution in [2.45, 2.75) is 32.7 Å². The molecule has 7 nitrogen and oxygen atoms in total. The largest absolute Gasteiger partial charge is 0.462 e. The Morgan fingerprint density at radius 1 is 1.03 bits per heavy atom. The fourth-order valence-corrected chi connectivity index (χ4v) is 3.66. The lowest BCUT2D eigenvalue weighted by Gasteiger charge is -2.15. The van der Waals surface area contributed by atoms with Gasteiger partial charge in [-0.25, -0.2) is 14.6 Å². The summed E-state index contributed by atoms with van der Waals surface area (Å²) in [5.74, 6) is -1.76. The summed E-state index contributed by atoms with van der Waals surface area (Å²) in [4.78, 5) is 28.9. The van der Waals surface area contributed by atoms with Gasteiger partial charge in [0.15, 0.2) is 0 Å². The van der Waals surface area contributed by atoms with Crippen molar-refractivity contribution in [3.8, 4) is 6.07 Å². The maximum Gasteiger partial charge on any atom is 0.416 e. The van der Waals surface area contributed by atoms with E-state index in [0.717, 1.165) is 6.08 Å². The molecular formula is C25H19F6N3O4. The van der Waals surface area contributed by atoms with Crippen molar-refractivity contribution in [2.24, 2.45) is 0 Å². The van der Waals surface area contributed by atoms with Crippen LogP contribution in [-0.4, -0.2) is 34.7 Å². The molecule has 38 heavy (non-hydrogen) atoms. The molecule has 2 aromatic heterocycles. The molecule has 0 bridgehead atoms. The summed E-state index contributed by atoms with van der Waals surface area (Å²) in [6, 6.07) is 4.13. The summed E-state index contributed by atoms with van der Waals surface area (Å²) in [6.45, 7) is 2.53. The lowest BCUT2D eigenvalue weighted by atomic mass is 10.0. The second-order valence-corrected chi connectivity index (χ2v) is 7.79. The molecule has 0 saturated heterocycles. The molecule has 3 aromatic rings. The number of carbonyl (C=O) groups is 2. The van der Waals surface area contributed by atoms with E-state index in [1.165, 1.54) is 30.0 Å². The van der Waals surface area contributed by atoms with Gasteiger partial charge in [0.05, 0.1) is 29.9 Å². The van der Waals surface area contributed by atoms with Crippen molar-refractivity contribution >= 4 is 29.0 Å². The number of pyridine rings is 1. The smallest absolute Gasteiger partial charge is 0.416 e. The summed E-state index contributed by atoms with van der Waals surface area (Å²) in [5.41, 5.74) is -3.76. The third-order valence-electron chi connectivity index (χ3n) is 5.20. The third kappa shape index (κ3) is 6.13. The van der Waals surface area contributed by atoms with Crippen molar-refractivity contribution in [1.29, 1.82) is 5.26 Å². The van der Waals surface area contributed by atoms with Crippen LogP contribution < -0.4 is 0 Å². The van der Waals surface area contributed by atoms with E-state index in [1.807, 2.05) is 0 Å². The number of hydrogen-bond donors (Lipinski definition) is 0. The van der Waals surface area contributed by atoms with Gasteiger partial charge in [0, 0.05) is 29.9 Å². The minimum Gasteiger partial charge on any atom is -0.462 e. The van der Waals surface area contributed by atoms with Gasteiger partial charge in [-0.1, -0.05) is 0 Å². The van der Waals surface area contributed by atoms with E-state index >= 15 is 0 Å². The van der Waals surface area contributed by atoms with Crippen molar-refractivity contribution in [3.05, 3.63) is 70.0 Å². The van der Waals surface area contributed by atoms with Crippen LogP contribution in [-0.2, 0) is 33.2 Å². The number of carbonyl (C=O) groups excluding carboxylic acids is 2. The van der Waals surface area contributed by atoms with Crippen LogP contribution in [0.25, 0.3) is 17.1 Å². The number of ether oxygens (including phenoxy) is 2. The second-order valence-electron chi connectivity index (χ2n) is 7.79. The first-order valence-corrected chi connectivity index (χ1v) is 11.0. The highest BCUT2D eigenvalue weighted by Gasteiger charge is 2.37. The number of benzene rings is 1. The van der Waals surface area contributed by atoms with Gasteiger partial charge in [0.2, 0.25) is 0 Å². The van der Waals surface area contributed by atoms with Gasteiger partial charge in [0.1, 0.15) is 17.3 Å². The number of fused-ring (bicyclic) bond motifs is 1. The fourth-order valence-electron chi connectivity index (χ4n) is 3.66. The van der Waals surface area contributed by atoms with E-state index in [9.17, 15) is 41.2 Å². The summed E-state index contributed by atoms with van der Waals surface area (Å²) in [6.07, 6.45) is -6.53. The van der Waals surface area contributed by atoms with Crippen molar-refractivity contribution < 1.29 is 45.4 Å². The SMILES string of the molecule is CCOC(=O)/C(C#N)=C/c1cn(Cc2cc(C(F)(F)F)cc(C(F)(F)F)c2)c2nccc(C(=O)OCC)c12. The van der Waals surface area contributed by atoms with E-state index in [0.29, 0.717) is 12.1 Å². The average Bonchev–Trinajstić information content (AvgIpc) is 3.18. The van der Waals surface area contributed by atoms with E-state index < -0.39 is 47.5 Å². The topological polar surface area (TPSA) is 94.2 Å². The molecule has 0 unspecified atom stereocenters. The van der Waals surface area contributed by atoms with Gasteiger partial charge in [-0.05, 0) is 49.8 Å². The Bertz CT molecular complexity index is 1420. The standard InChI is InChI=1S/C25H19F6N3O4/c1-3-37-22(35)15(11-32)9-16-13-34(21-20(16)19(5-6-33-21)23(36)38-4-2)12-14-7-17(24(26,27)28)10-18(8-14)25(29,30)31/h5-10,13H,3-4,12H2,1-2H3/b15-9+. The zero-order valence-electron chi connectivity index (χ0n) is 19.9. The first-order chi connectivity index (χ1) is 17.8.